The molecule has 2 aliphatic rings. The fraction of sp³-hybridized carbons (Fsp3) is 0.0526. The minimum Gasteiger partial charge on any atom is -0.353 e. The molecule has 11 aromatic rings. The zero-order valence-electron chi connectivity index (χ0n) is 48.5. The molecule has 2 N–H and O–H groups in total. The van der Waals surface area contributed by atoms with Crippen LogP contribution in [0.25, 0.3) is 128 Å². The van der Waals surface area contributed by atoms with E-state index in [0.717, 1.165) is 127 Å². The molecule has 426 valence electrons. The zero-order chi connectivity index (χ0) is 61.1. The van der Waals surface area contributed by atoms with Gasteiger partial charge in [-0.2, -0.15) is 0 Å². The van der Waals surface area contributed by atoms with Crippen molar-refractivity contribution in [2.45, 2.75) is 27.7 Å². The number of fused-ring (bicyclic) bond motifs is 20. The lowest BCUT2D eigenvalue weighted by molar-refractivity contribution is 0.102. The van der Waals surface area contributed by atoms with Crippen molar-refractivity contribution in [3.8, 4) is 44.5 Å². The summed E-state index contributed by atoms with van der Waals surface area (Å²) in [6, 6.07) is 56.3. The van der Waals surface area contributed by atoms with Gasteiger partial charge in [0.1, 0.15) is 0 Å². The number of aromatic amines is 2. The Bertz CT molecular complexity index is 4930. The third-order valence-electron chi connectivity index (χ3n) is 15.4. The minimum absolute atomic E-state index is 0.105. The molecule has 9 heterocycles. The molecule has 2 aliphatic heterocycles. The number of nitrogens with one attached hydrogen (secondary N) is 2. The van der Waals surface area contributed by atoms with Crippen LogP contribution >= 0.6 is 45.3 Å². The minimum atomic E-state index is -0.108. The summed E-state index contributed by atoms with van der Waals surface area (Å²) in [6.45, 7) is 22.5. The molecule has 7 aromatic heterocycles. The van der Waals surface area contributed by atoms with E-state index < -0.39 is 0 Å². The highest BCUT2D eigenvalue weighted by atomic mass is 32.1. The van der Waals surface area contributed by atoms with Gasteiger partial charge in [0, 0.05) is 93.1 Å². The first-order valence-corrected chi connectivity index (χ1v) is 31.6. The number of ketones is 4. The SMILES string of the molecule is C=C(C)C(=O)c1ccc(-c2c3nc(c4ccc([nH]4)c(-c4ccc(C(=O)C(=C)C)cc4)c4ccc(s4)c4ccc(s4)c(-c4ccc(C(=O)C(=C)C)cc4)c4nc(c5ccc([nH]5)c(-c5ccc(C(=O)C(=C)C)cc5)c5ccc(s5)c5ccc2s5)C=C4)C=C3)cc1. The lowest BCUT2D eigenvalue weighted by Crippen LogP contribution is -1.98. The molecule has 4 aromatic carbocycles. The molecule has 12 heteroatoms. The molecule has 8 nitrogen and oxygen atoms in total. The molecule has 0 saturated heterocycles. The van der Waals surface area contributed by atoms with Crippen LogP contribution in [0.3, 0.4) is 0 Å². The highest BCUT2D eigenvalue weighted by Crippen LogP contribution is 2.43. The van der Waals surface area contributed by atoms with E-state index in [4.69, 9.17) is 9.97 Å². The number of rotatable bonds is 12. The van der Waals surface area contributed by atoms with Gasteiger partial charge in [0.15, 0.2) is 23.1 Å². The molecule has 0 fully saturated rings. The third-order valence-corrected chi connectivity index (χ3v) is 20.2. The van der Waals surface area contributed by atoms with Crippen LogP contribution < -0.4 is 0 Å². The van der Waals surface area contributed by atoms with Crippen molar-refractivity contribution in [1.29, 1.82) is 0 Å². The lowest BCUT2D eigenvalue weighted by Gasteiger charge is -2.06. The molecule has 0 spiro atoms. The first-order valence-electron chi connectivity index (χ1n) is 28.3. The number of aromatic nitrogens is 4. The van der Waals surface area contributed by atoms with E-state index in [1.807, 2.05) is 109 Å². The Morgan fingerprint density at radius 1 is 0.284 bits per heavy atom. The predicted molar refractivity (Wildman–Crippen MR) is 374 cm³/mol. The van der Waals surface area contributed by atoms with Gasteiger partial charge in [-0.25, -0.2) is 9.97 Å². The zero-order valence-corrected chi connectivity index (χ0v) is 51.7. The van der Waals surface area contributed by atoms with Crippen LogP contribution in [0, 0.1) is 0 Å². The molecule has 0 saturated carbocycles. The fourth-order valence-corrected chi connectivity index (χ4v) is 15.5. The monoisotopic (exact) mass is 1210 g/mol. The number of Topliss-reactive ketones (excluding diaryl/α,β-unsaturated/α-hetero) is 4. The van der Waals surface area contributed by atoms with Crippen molar-refractivity contribution in [2.75, 3.05) is 0 Å². The van der Waals surface area contributed by atoms with Crippen molar-refractivity contribution in [3.05, 3.63) is 263 Å². The number of nitrogens with zero attached hydrogens (tertiary/aromatic N) is 2. The van der Waals surface area contributed by atoms with Crippen LogP contribution in [-0.2, 0) is 0 Å². The number of H-pyrrole nitrogens is 2. The van der Waals surface area contributed by atoms with Crippen LogP contribution in [-0.4, -0.2) is 43.1 Å². The van der Waals surface area contributed by atoms with Gasteiger partial charge < -0.3 is 9.97 Å². The summed E-state index contributed by atoms with van der Waals surface area (Å²) < 4.78 is 8.28. The molecule has 0 radical (unpaired) electrons. The maximum atomic E-state index is 13.1. The first kappa shape index (κ1) is 57.0. The normalized spacial score (nSPS) is 11.7. The van der Waals surface area contributed by atoms with Crippen LogP contribution in [0.5, 0.6) is 0 Å². The van der Waals surface area contributed by atoms with Gasteiger partial charge in [-0.15, -0.1) is 45.3 Å². The van der Waals surface area contributed by atoms with Crippen molar-refractivity contribution >= 4 is 152 Å². The molecule has 0 aliphatic carbocycles. The third kappa shape index (κ3) is 10.9. The Hall–Kier alpha value is -10.1. The largest absolute Gasteiger partial charge is 0.353 e. The number of hydrogen-bond acceptors (Lipinski definition) is 10. The van der Waals surface area contributed by atoms with Crippen LogP contribution in [0.4, 0.5) is 0 Å². The summed E-state index contributed by atoms with van der Waals surface area (Å²) in [7, 11) is 0. The summed E-state index contributed by atoms with van der Waals surface area (Å²) in [5.74, 6) is -0.428. The first-order chi connectivity index (χ1) is 42.5. The van der Waals surface area contributed by atoms with E-state index >= 15 is 0 Å². The molecule has 0 amide bonds. The predicted octanol–water partition coefficient (Wildman–Crippen LogP) is 21.5. The highest BCUT2D eigenvalue weighted by Gasteiger charge is 2.19. The highest BCUT2D eigenvalue weighted by molar-refractivity contribution is 7.31. The number of allylic oxidation sites excluding steroid dienone is 4. The quantitative estimate of drug-likeness (QED) is 0.0927. The van der Waals surface area contributed by atoms with Crippen molar-refractivity contribution in [2.24, 2.45) is 0 Å². The number of carbonyl (C=O) groups excluding carboxylic acids is 4. The van der Waals surface area contributed by atoms with Gasteiger partial charge in [-0.3, -0.25) is 19.2 Å². The molecular formula is C76H54N4O4S4. The van der Waals surface area contributed by atoms with Crippen LogP contribution in [0.1, 0.15) is 91.9 Å². The molecule has 0 atom stereocenters. The Balaban J connectivity index is 1.10. The van der Waals surface area contributed by atoms with E-state index in [9.17, 15) is 19.2 Å². The number of carbonyl (C=O) groups is 4. The topological polar surface area (TPSA) is 126 Å². The Labute approximate surface area is 523 Å². The van der Waals surface area contributed by atoms with Crippen molar-refractivity contribution < 1.29 is 19.2 Å². The average Bonchev–Trinajstić information content (AvgIpc) is 2.88. The second-order valence-electron chi connectivity index (χ2n) is 21.9. The van der Waals surface area contributed by atoms with Crippen LogP contribution in [0.2, 0.25) is 0 Å². The second kappa shape index (κ2) is 23.3. The summed E-state index contributed by atoms with van der Waals surface area (Å²) >= 11 is 6.71. The van der Waals surface area contributed by atoms with Gasteiger partial charge in [-0.05, 0) is 169 Å². The number of thiophene rings is 4. The van der Waals surface area contributed by atoms with Crippen molar-refractivity contribution in [3.63, 3.8) is 0 Å². The summed E-state index contributed by atoms with van der Waals surface area (Å²) in [6.07, 6.45) is 8.17. The van der Waals surface area contributed by atoms with E-state index in [1.54, 1.807) is 73.0 Å². The van der Waals surface area contributed by atoms with E-state index in [0.29, 0.717) is 44.5 Å². The van der Waals surface area contributed by atoms with Gasteiger partial charge in [0.05, 0.1) is 33.8 Å². The molecule has 88 heavy (non-hydrogen) atoms. The van der Waals surface area contributed by atoms with Crippen molar-refractivity contribution in [1.82, 2.24) is 19.9 Å². The number of hydrogen-bond donors (Lipinski definition) is 2. The standard InChI is InChI=1S/C76H54N4O4S4/c1-41(2)73(81)49-17-9-45(10-18-49)69-57-29-25-53(77-57)54-26-30-58(78-54)70(46-11-19-50(20-12-46)74(82)42(3)4)67-39-35-63(87-67)64-36-40-68(88-64)72(48-15-23-52(24-16-48)76(84)44(7)8)60-32-28-56(80-60)55-27-31-59(79-55)71(47-13-21-51(22-14-47)75(83)43(5)6)66-38-34-62(86-66)61-33-37-65(69)85-61/h9-40,77,80H,1,3,5,7H2,2,4,6,8H3. The van der Waals surface area contributed by atoms with Gasteiger partial charge in [-0.1, -0.05) is 123 Å². The molecule has 13 rings (SSSR count). The Kier molecular flexibility index (Phi) is 15.1. The van der Waals surface area contributed by atoms with E-state index in [2.05, 4.69) is 121 Å². The second-order valence-corrected chi connectivity index (χ2v) is 26.2. The summed E-state index contributed by atoms with van der Waals surface area (Å²) in [5.41, 5.74) is 18.0. The van der Waals surface area contributed by atoms with Gasteiger partial charge in [0.2, 0.25) is 0 Å². The molecule has 16 bridgehead atoms. The summed E-state index contributed by atoms with van der Waals surface area (Å²) in [5, 5.41) is 0. The Morgan fingerprint density at radius 3 is 0.784 bits per heavy atom. The van der Waals surface area contributed by atoms with E-state index in [-0.39, 0.29) is 23.1 Å². The average molecular weight is 1220 g/mol. The fourth-order valence-electron chi connectivity index (χ4n) is 10.9. The van der Waals surface area contributed by atoms with Crippen LogP contribution in [0.15, 0.2) is 218 Å². The molecule has 0 unspecified atom stereocenters. The maximum Gasteiger partial charge on any atom is 0.188 e. The van der Waals surface area contributed by atoms with E-state index in [1.165, 1.54) is 0 Å². The summed E-state index contributed by atoms with van der Waals surface area (Å²) in [4.78, 5) is 70.7. The number of benzene rings is 4. The molecular weight excluding hydrogens is 1160 g/mol. The maximum absolute atomic E-state index is 13.1. The Morgan fingerprint density at radius 2 is 0.511 bits per heavy atom. The van der Waals surface area contributed by atoms with Gasteiger partial charge in [0.25, 0.3) is 0 Å². The van der Waals surface area contributed by atoms with Gasteiger partial charge >= 0.3 is 0 Å². The lowest BCUT2D eigenvalue weighted by atomic mass is 10.00. The smallest absolute Gasteiger partial charge is 0.188 e.